The lowest BCUT2D eigenvalue weighted by Crippen LogP contribution is -2.49. The minimum atomic E-state index is 0.186. The predicted molar refractivity (Wildman–Crippen MR) is 82.4 cm³/mol. The highest BCUT2D eigenvalue weighted by atomic mass is 32.1. The van der Waals surface area contributed by atoms with Crippen molar-refractivity contribution in [3.8, 4) is 0 Å². The summed E-state index contributed by atoms with van der Waals surface area (Å²) < 4.78 is 0. The third-order valence-electron chi connectivity index (χ3n) is 5.18. The SMILES string of the molecule is Cc1ccsc1CNC(=O)C1CC2CCCC(C1)C2N. The Balaban J connectivity index is 1.57. The van der Waals surface area contributed by atoms with Crippen molar-refractivity contribution >= 4 is 17.2 Å². The molecule has 110 valence electrons. The summed E-state index contributed by atoms with van der Waals surface area (Å²) in [6.45, 7) is 2.78. The molecule has 1 aromatic heterocycles. The molecule has 0 saturated heterocycles. The van der Waals surface area contributed by atoms with E-state index in [1.54, 1.807) is 11.3 Å². The third kappa shape index (κ3) is 2.77. The first kappa shape index (κ1) is 14.1. The molecule has 2 unspecified atom stereocenters. The van der Waals surface area contributed by atoms with Gasteiger partial charge in [0.25, 0.3) is 0 Å². The number of carbonyl (C=O) groups excluding carboxylic acids is 1. The van der Waals surface area contributed by atoms with E-state index in [1.807, 2.05) is 0 Å². The first-order valence-electron chi connectivity index (χ1n) is 7.71. The predicted octanol–water partition coefficient (Wildman–Crippen LogP) is 2.83. The van der Waals surface area contributed by atoms with Gasteiger partial charge >= 0.3 is 0 Å². The van der Waals surface area contributed by atoms with Gasteiger partial charge in [-0.2, -0.15) is 0 Å². The maximum absolute atomic E-state index is 12.4. The van der Waals surface area contributed by atoms with E-state index in [0.29, 0.717) is 24.4 Å². The number of nitrogens with one attached hydrogen (secondary N) is 1. The van der Waals surface area contributed by atoms with Crippen molar-refractivity contribution in [2.24, 2.45) is 23.5 Å². The summed E-state index contributed by atoms with van der Waals surface area (Å²) in [5.74, 6) is 1.57. The Labute approximate surface area is 124 Å². The van der Waals surface area contributed by atoms with E-state index in [4.69, 9.17) is 5.73 Å². The second-order valence-electron chi connectivity index (χ2n) is 6.44. The Morgan fingerprint density at radius 1 is 1.40 bits per heavy atom. The van der Waals surface area contributed by atoms with Gasteiger partial charge in [-0.25, -0.2) is 0 Å². The fourth-order valence-corrected chi connectivity index (χ4v) is 4.75. The van der Waals surface area contributed by atoms with Gasteiger partial charge < -0.3 is 11.1 Å². The monoisotopic (exact) mass is 292 g/mol. The molecule has 20 heavy (non-hydrogen) atoms. The molecule has 2 saturated carbocycles. The van der Waals surface area contributed by atoms with Gasteiger partial charge in [0, 0.05) is 16.8 Å². The summed E-state index contributed by atoms with van der Waals surface area (Å²) in [6, 6.07) is 2.45. The molecule has 1 amide bonds. The standard InChI is InChI=1S/C16H24N2OS/c1-10-5-6-20-14(10)9-18-16(19)13-7-11-3-2-4-12(8-13)15(11)17/h5-6,11-13,15H,2-4,7-9,17H2,1H3,(H,18,19). The quantitative estimate of drug-likeness (QED) is 0.900. The van der Waals surface area contributed by atoms with Crippen LogP contribution in [-0.4, -0.2) is 11.9 Å². The van der Waals surface area contributed by atoms with Crippen LogP contribution in [0.5, 0.6) is 0 Å². The van der Waals surface area contributed by atoms with Crippen molar-refractivity contribution in [3.63, 3.8) is 0 Å². The van der Waals surface area contributed by atoms with Crippen LogP contribution >= 0.6 is 11.3 Å². The average molecular weight is 292 g/mol. The van der Waals surface area contributed by atoms with Crippen molar-refractivity contribution < 1.29 is 4.79 Å². The van der Waals surface area contributed by atoms with E-state index < -0.39 is 0 Å². The Morgan fingerprint density at radius 2 is 2.10 bits per heavy atom. The first-order valence-corrected chi connectivity index (χ1v) is 8.59. The van der Waals surface area contributed by atoms with Crippen LogP contribution in [0.3, 0.4) is 0 Å². The van der Waals surface area contributed by atoms with Gasteiger partial charge in [-0.05, 0) is 61.5 Å². The molecule has 3 nitrogen and oxygen atoms in total. The fourth-order valence-electron chi connectivity index (χ4n) is 3.90. The van der Waals surface area contributed by atoms with Gasteiger partial charge in [-0.3, -0.25) is 4.79 Å². The molecule has 3 rings (SSSR count). The van der Waals surface area contributed by atoms with Gasteiger partial charge in [-0.1, -0.05) is 6.42 Å². The van der Waals surface area contributed by atoms with E-state index in [9.17, 15) is 4.79 Å². The van der Waals surface area contributed by atoms with Crippen LogP contribution in [0.1, 0.15) is 42.5 Å². The van der Waals surface area contributed by atoms with E-state index in [0.717, 1.165) is 12.8 Å². The van der Waals surface area contributed by atoms with Crippen LogP contribution in [0.25, 0.3) is 0 Å². The van der Waals surface area contributed by atoms with Crippen LogP contribution in [0.15, 0.2) is 11.4 Å². The van der Waals surface area contributed by atoms with Crippen LogP contribution in [-0.2, 0) is 11.3 Å². The van der Waals surface area contributed by atoms with Crippen LogP contribution in [0.2, 0.25) is 0 Å². The topological polar surface area (TPSA) is 55.1 Å². The third-order valence-corrected chi connectivity index (χ3v) is 6.20. The number of aryl methyl sites for hydroxylation is 1. The van der Waals surface area contributed by atoms with E-state index >= 15 is 0 Å². The van der Waals surface area contributed by atoms with Crippen LogP contribution in [0.4, 0.5) is 0 Å². The van der Waals surface area contributed by atoms with Crippen LogP contribution in [0, 0.1) is 24.7 Å². The summed E-state index contributed by atoms with van der Waals surface area (Å²) in [7, 11) is 0. The van der Waals surface area contributed by atoms with Gasteiger partial charge in [0.05, 0.1) is 6.54 Å². The van der Waals surface area contributed by atoms with Crippen molar-refractivity contribution in [1.29, 1.82) is 0 Å². The smallest absolute Gasteiger partial charge is 0.223 e. The molecule has 1 aromatic rings. The minimum Gasteiger partial charge on any atom is -0.351 e. The summed E-state index contributed by atoms with van der Waals surface area (Å²) in [5.41, 5.74) is 7.56. The van der Waals surface area contributed by atoms with Gasteiger partial charge in [-0.15, -0.1) is 11.3 Å². The molecule has 0 spiro atoms. The molecule has 2 fully saturated rings. The molecule has 4 heteroatoms. The zero-order valence-corrected chi connectivity index (χ0v) is 12.9. The molecule has 2 bridgehead atoms. The largest absolute Gasteiger partial charge is 0.351 e. The number of amides is 1. The van der Waals surface area contributed by atoms with E-state index in [-0.39, 0.29) is 11.8 Å². The number of hydrogen-bond donors (Lipinski definition) is 2. The van der Waals surface area contributed by atoms with Crippen LogP contribution < -0.4 is 11.1 Å². The zero-order valence-electron chi connectivity index (χ0n) is 12.1. The zero-order chi connectivity index (χ0) is 14.1. The fraction of sp³-hybridized carbons (Fsp3) is 0.688. The molecule has 0 aliphatic heterocycles. The maximum Gasteiger partial charge on any atom is 0.223 e. The van der Waals surface area contributed by atoms with Gasteiger partial charge in [0.2, 0.25) is 5.91 Å². The van der Waals surface area contributed by atoms with E-state index in [2.05, 4.69) is 23.7 Å². The molecule has 2 aliphatic rings. The van der Waals surface area contributed by atoms with Crippen molar-refractivity contribution in [3.05, 3.63) is 21.9 Å². The second-order valence-corrected chi connectivity index (χ2v) is 7.44. The Bertz CT molecular complexity index is 471. The summed E-state index contributed by atoms with van der Waals surface area (Å²) >= 11 is 1.72. The number of carbonyl (C=O) groups is 1. The lowest BCUT2D eigenvalue weighted by Gasteiger charge is -2.43. The summed E-state index contributed by atoms with van der Waals surface area (Å²) in [5, 5.41) is 5.21. The Kier molecular flexibility index (Phi) is 4.13. The lowest BCUT2D eigenvalue weighted by molar-refractivity contribution is -0.128. The molecule has 0 aromatic carbocycles. The Morgan fingerprint density at radius 3 is 2.70 bits per heavy atom. The highest BCUT2D eigenvalue weighted by molar-refractivity contribution is 7.10. The minimum absolute atomic E-state index is 0.186. The molecular formula is C16H24N2OS. The molecule has 2 aliphatic carbocycles. The molecule has 0 radical (unpaired) electrons. The highest BCUT2D eigenvalue weighted by Gasteiger charge is 2.40. The molecule has 2 atom stereocenters. The van der Waals surface area contributed by atoms with Crippen molar-refractivity contribution in [1.82, 2.24) is 5.32 Å². The van der Waals surface area contributed by atoms with E-state index in [1.165, 1.54) is 29.7 Å². The number of thiophene rings is 1. The summed E-state index contributed by atoms with van der Waals surface area (Å²) in [4.78, 5) is 13.7. The first-order chi connectivity index (χ1) is 9.65. The molecule has 3 N–H and O–H groups in total. The summed E-state index contributed by atoms with van der Waals surface area (Å²) in [6.07, 6.45) is 5.71. The molecule has 1 heterocycles. The second kappa shape index (κ2) is 5.86. The maximum atomic E-state index is 12.4. The van der Waals surface area contributed by atoms with Gasteiger partial charge in [0.1, 0.15) is 0 Å². The van der Waals surface area contributed by atoms with Gasteiger partial charge in [0.15, 0.2) is 0 Å². The normalized spacial score (nSPS) is 32.9. The number of nitrogens with two attached hydrogens (primary N) is 1. The number of fused-ring (bicyclic) bond motifs is 2. The van der Waals surface area contributed by atoms with Crippen molar-refractivity contribution in [2.75, 3.05) is 0 Å². The molecular weight excluding hydrogens is 268 g/mol. The van der Waals surface area contributed by atoms with Crippen molar-refractivity contribution in [2.45, 2.75) is 51.6 Å². The highest BCUT2D eigenvalue weighted by Crippen LogP contribution is 2.41. The lowest BCUT2D eigenvalue weighted by atomic mass is 9.65. The number of hydrogen-bond acceptors (Lipinski definition) is 3. The Hall–Kier alpha value is -0.870. The number of rotatable bonds is 3. The average Bonchev–Trinajstić information content (AvgIpc) is 2.81.